The number of carbonyl (C=O) groups excluding carboxylic acids is 1. The molecule has 0 unspecified atom stereocenters. The summed E-state index contributed by atoms with van der Waals surface area (Å²) < 4.78 is 0. The summed E-state index contributed by atoms with van der Waals surface area (Å²) in [5.74, 6) is 0.285. The molecule has 7 heteroatoms. The second-order valence-corrected chi connectivity index (χ2v) is 8.61. The Morgan fingerprint density at radius 3 is 2.57 bits per heavy atom. The predicted octanol–water partition coefficient (Wildman–Crippen LogP) is 4.73. The van der Waals surface area contributed by atoms with Crippen LogP contribution in [0.2, 0.25) is 0 Å². The van der Waals surface area contributed by atoms with Crippen molar-refractivity contribution in [3.05, 3.63) is 70.6 Å². The standard InChI is InChI=1S/C23H20N4O2S/c1-13-21(23(29)27-26-13)19-12-20(17-4-2-3-5-18(17)25-19)30-16-10-8-15(9-11-16)24-22(28)14-6-7-14/h2-5,8-12,14H,6-7H2,1H3,(H,24,28)(H2,26,27,29). The monoisotopic (exact) mass is 416 g/mol. The first-order valence-electron chi connectivity index (χ1n) is 9.84. The first kappa shape index (κ1) is 18.7. The molecule has 0 saturated heterocycles. The molecule has 0 radical (unpaired) electrons. The van der Waals surface area contributed by atoms with Crippen LogP contribution in [-0.4, -0.2) is 21.1 Å². The van der Waals surface area contributed by atoms with E-state index in [1.807, 2.05) is 61.5 Å². The van der Waals surface area contributed by atoms with Crippen LogP contribution in [-0.2, 0) is 4.79 Å². The number of rotatable bonds is 5. The fraction of sp³-hybridized carbons (Fsp3) is 0.174. The third kappa shape index (κ3) is 3.64. The van der Waals surface area contributed by atoms with Crippen molar-refractivity contribution in [3.8, 4) is 11.3 Å². The number of benzene rings is 2. The SMILES string of the molecule is Cc1[nH][nH]c(=O)c1-c1cc(Sc2ccc(NC(=O)C3CC3)cc2)c2ccccc2n1. The lowest BCUT2D eigenvalue weighted by Crippen LogP contribution is -2.12. The Hall–Kier alpha value is -3.32. The Labute approximate surface area is 177 Å². The van der Waals surface area contributed by atoms with Crippen LogP contribution in [0.5, 0.6) is 0 Å². The Morgan fingerprint density at radius 2 is 1.87 bits per heavy atom. The van der Waals surface area contributed by atoms with Crippen molar-refractivity contribution in [1.29, 1.82) is 0 Å². The van der Waals surface area contributed by atoms with E-state index in [-0.39, 0.29) is 17.4 Å². The number of hydrogen-bond acceptors (Lipinski definition) is 4. The van der Waals surface area contributed by atoms with Gasteiger partial charge in [0, 0.05) is 32.5 Å². The van der Waals surface area contributed by atoms with Crippen molar-refractivity contribution in [2.75, 3.05) is 5.32 Å². The van der Waals surface area contributed by atoms with Crippen LogP contribution < -0.4 is 10.9 Å². The van der Waals surface area contributed by atoms with Gasteiger partial charge < -0.3 is 10.4 Å². The van der Waals surface area contributed by atoms with Crippen LogP contribution in [0.3, 0.4) is 0 Å². The highest BCUT2D eigenvalue weighted by Gasteiger charge is 2.29. The Balaban J connectivity index is 1.49. The van der Waals surface area contributed by atoms with Gasteiger partial charge in [-0.2, -0.15) is 0 Å². The predicted molar refractivity (Wildman–Crippen MR) is 119 cm³/mol. The molecule has 6 nitrogen and oxygen atoms in total. The molecule has 3 N–H and O–H groups in total. The molecule has 0 bridgehead atoms. The van der Waals surface area contributed by atoms with Crippen molar-refractivity contribution in [1.82, 2.24) is 15.2 Å². The topological polar surface area (TPSA) is 90.6 Å². The highest BCUT2D eigenvalue weighted by Crippen LogP contribution is 2.36. The first-order valence-corrected chi connectivity index (χ1v) is 10.7. The average Bonchev–Trinajstić information content (AvgIpc) is 3.54. The van der Waals surface area contributed by atoms with Crippen LogP contribution in [0.1, 0.15) is 18.5 Å². The maximum atomic E-state index is 12.3. The van der Waals surface area contributed by atoms with Gasteiger partial charge in [0.1, 0.15) is 0 Å². The van der Waals surface area contributed by atoms with Crippen LogP contribution in [0.15, 0.2) is 69.2 Å². The summed E-state index contributed by atoms with van der Waals surface area (Å²) in [4.78, 5) is 31.0. The first-order chi connectivity index (χ1) is 14.6. The zero-order chi connectivity index (χ0) is 20.7. The number of aromatic nitrogens is 3. The minimum absolute atomic E-state index is 0.104. The molecule has 5 rings (SSSR count). The fourth-order valence-corrected chi connectivity index (χ4v) is 4.41. The molecule has 1 fully saturated rings. The smallest absolute Gasteiger partial charge is 0.273 e. The number of anilines is 1. The summed E-state index contributed by atoms with van der Waals surface area (Å²) in [5, 5.41) is 9.49. The van der Waals surface area contributed by atoms with Gasteiger partial charge in [-0.15, -0.1) is 0 Å². The van der Waals surface area contributed by atoms with Crippen molar-refractivity contribution in [3.63, 3.8) is 0 Å². The van der Waals surface area contributed by atoms with Gasteiger partial charge >= 0.3 is 0 Å². The molecule has 1 aliphatic carbocycles. The van der Waals surface area contributed by atoms with E-state index in [1.165, 1.54) is 0 Å². The Kier molecular flexibility index (Phi) is 4.67. The molecule has 150 valence electrons. The van der Waals surface area contributed by atoms with Crippen LogP contribution in [0.4, 0.5) is 5.69 Å². The third-order valence-electron chi connectivity index (χ3n) is 5.20. The lowest BCUT2D eigenvalue weighted by molar-refractivity contribution is -0.117. The number of aromatic amines is 2. The maximum Gasteiger partial charge on any atom is 0.273 e. The summed E-state index contributed by atoms with van der Waals surface area (Å²) in [7, 11) is 0. The van der Waals surface area contributed by atoms with Crippen LogP contribution in [0, 0.1) is 12.8 Å². The van der Waals surface area contributed by atoms with E-state index in [0.717, 1.165) is 44.9 Å². The summed E-state index contributed by atoms with van der Waals surface area (Å²) in [5.41, 5.74) is 3.43. The number of nitrogens with one attached hydrogen (secondary N) is 3. The second-order valence-electron chi connectivity index (χ2n) is 7.49. The van der Waals surface area contributed by atoms with Gasteiger partial charge in [-0.3, -0.25) is 14.7 Å². The van der Waals surface area contributed by atoms with Gasteiger partial charge in [0.15, 0.2) is 0 Å². The Morgan fingerprint density at radius 1 is 1.10 bits per heavy atom. The number of aryl methyl sites for hydroxylation is 1. The highest BCUT2D eigenvalue weighted by atomic mass is 32.2. The molecule has 1 saturated carbocycles. The normalized spacial score (nSPS) is 13.5. The largest absolute Gasteiger partial charge is 0.326 e. The lowest BCUT2D eigenvalue weighted by atomic mass is 10.1. The Bertz CT molecular complexity index is 1300. The number of pyridine rings is 1. The molecule has 1 aliphatic rings. The summed E-state index contributed by atoms with van der Waals surface area (Å²) in [6, 6.07) is 17.7. The van der Waals surface area contributed by atoms with E-state index in [9.17, 15) is 9.59 Å². The summed E-state index contributed by atoms with van der Waals surface area (Å²) in [6.07, 6.45) is 1.97. The summed E-state index contributed by atoms with van der Waals surface area (Å²) >= 11 is 1.61. The van der Waals surface area contributed by atoms with E-state index in [0.29, 0.717) is 11.3 Å². The quantitative estimate of drug-likeness (QED) is 0.439. The fourth-order valence-electron chi connectivity index (χ4n) is 3.43. The highest BCUT2D eigenvalue weighted by molar-refractivity contribution is 7.99. The summed E-state index contributed by atoms with van der Waals surface area (Å²) in [6.45, 7) is 1.85. The van der Waals surface area contributed by atoms with Crippen LogP contribution >= 0.6 is 11.8 Å². The molecular formula is C23H20N4O2S. The molecule has 0 atom stereocenters. The van der Waals surface area contributed by atoms with Gasteiger partial charge in [0.25, 0.3) is 5.56 Å². The number of hydrogen-bond donors (Lipinski definition) is 3. The van der Waals surface area contributed by atoms with Gasteiger partial charge in [-0.05, 0) is 56.2 Å². The molecule has 0 aliphatic heterocycles. The van der Waals surface area contributed by atoms with Crippen molar-refractivity contribution in [2.45, 2.75) is 29.6 Å². The van der Waals surface area contributed by atoms with E-state index in [1.54, 1.807) is 11.8 Å². The van der Waals surface area contributed by atoms with E-state index in [4.69, 9.17) is 4.98 Å². The minimum atomic E-state index is -0.179. The molecule has 0 spiro atoms. The van der Waals surface area contributed by atoms with Gasteiger partial charge in [-0.1, -0.05) is 30.0 Å². The molecular weight excluding hydrogens is 396 g/mol. The number of nitrogens with zero attached hydrogens (tertiary/aromatic N) is 1. The van der Waals surface area contributed by atoms with E-state index in [2.05, 4.69) is 15.5 Å². The van der Waals surface area contributed by atoms with Crippen molar-refractivity contribution < 1.29 is 4.79 Å². The average molecular weight is 417 g/mol. The molecule has 2 aromatic carbocycles. The number of amides is 1. The maximum absolute atomic E-state index is 12.3. The van der Waals surface area contributed by atoms with Gasteiger partial charge in [0.2, 0.25) is 5.91 Å². The number of para-hydroxylation sites is 1. The number of carbonyl (C=O) groups is 1. The van der Waals surface area contributed by atoms with Crippen molar-refractivity contribution >= 4 is 34.3 Å². The molecule has 30 heavy (non-hydrogen) atoms. The van der Waals surface area contributed by atoms with Crippen molar-refractivity contribution in [2.24, 2.45) is 5.92 Å². The van der Waals surface area contributed by atoms with E-state index >= 15 is 0 Å². The molecule has 2 heterocycles. The zero-order valence-corrected chi connectivity index (χ0v) is 17.2. The molecule has 1 amide bonds. The van der Waals surface area contributed by atoms with Gasteiger partial charge in [0.05, 0.1) is 16.8 Å². The molecule has 4 aromatic rings. The lowest BCUT2D eigenvalue weighted by Gasteiger charge is -2.10. The van der Waals surface area contributed by atoms with E-state index < -0.39 is 0 Å². The zero-order valence-electron chi connectivity index (χ0n) is 16.4. The third-order valence-corrected chi connectivity index (χ3v) is 6.26. The number of H-pyrrole nitrogens is 2. The molecule has 2 aromatic heterocycles. The van der Waals surface area contributed by atoms with Gasteiger partial charge in [-0.25, -0.2) is 4.98 Å². The number of fused-ring (bicyclic) bond motifs is 1. The minimum Gasteiger partial charge on any atom is -0.326 e. The van der Waals surface area contributed by atoms with Crippen LogP contribution in [0.25, 0.3) is 22.2 Å². The second kappa shape index (κ2) is 7.50.